The van der Waals surface area contributed by atoms with E-state index in [4.69, 9.17) is 0 Å². The van der Waals surface area contributed by atoms with Crippen LogP contribution in [-0.2, 0) is 9.53 Å². The number of nitrogens with zero attached hydrogens (tertiary/aromatic N) is 3. The number of nitro groups is 1. The lowest BCUT2D eigenvalue weighted by Gasteiger charge is -2.05. The van der Waals surface area contributed by atoms with Crippen LogP contribution in [0.4, 0.5) is 16.5 Å². The minimum absolute atomic E-state index is 0.0471. The van der Waals surface area contributed by atoms with Gasteiger partial charge in [-0.15, -0.1) is 10.2 Å². The van der Waals surface area contributed by atoms with E-state index in [0.29, 0.717) is 21.2 Å². The topological polar surface area (TPSA) is 153 Å². The van der Waals surface area contributed by atoms with Gasteiger partial charge in [-0.25, -0.2) is 4.79 Å². The van der Waals surface area contributed by atoms with Crippen LogP contribution in [0.2, 0.25) is 0 Å². The molecule has 2 N–H and O–H groups in total. The maximum Gasteiger partial charge on any atom is 0.337 e. The van der Waals surface area contributed by atoms with Gasteiger partial charge in [0.15, 0.2) is 4.34 Å². The van der Waals surface area contributed by atoms with E-state index < -0.39 is 16.8 Å². The summed E-state index contributed by atoms with van der Waals surface area (Å²) in [5, 5.41) is 24.3. The van der Waals surface area contributed by atoms with E-state index >= 15 is 0 Å². The molecule has 0 aliphatic heterocycles. The van der Waals surface area contributed by atoms with E-state index in [1.54, 1.807) is 19.1 Å². The molecule has 0 saturated carbocycles. The van der Waals surface area contributed by atoms with Crippen molar-refractivity contribution in [3.8, 4) is 0 Å². The number of hydrogen-bond donors (Lipinski definition) is 2. The second kappa shape index (κ2) is 10.7. The lowest BCUT2D eigenvalue weighted by atomic mass is 10.1. The normalized spacial score (nSPS) is 10.4. The second-order valence-electron chi connectivity index (χ2n) is 6.49. The van der Waals surface area contributed by atoms with Gasteiger partial charge in [-0.1, -0.05) is 29.2 Å². The Morgan fingerprint density at radius 3 is 2.45 bits per heavy atom. The van der Waals surface area contributed by atoms with Crippen molar-refractivity contribution >= 4 is 57.4 Å². The first-order valence-electron chi connectivity index (χ1n) is 9.27. The summed E-state index contributed by atoms with van der Waals surface area (Å²) in [4.78, 5) is 46.5. The predicted octanol–water partition coefficient (Wildman–Crippen LogP) is 3.52. The van der Waals surface area contributed by atoms with Crippen molar-refractivity contribution in [1.82, 2.24) is 10.2 Å². The molecule has 0 aliphatic rings. The van der Waals surface area contributed by atoms with Crippen LogP contribution in [0, 0.1) is 17.0 Å². The van der Waals surface area contributed by atoms with Crippen molar-refractivity contribution in [1.29, 1.82) is 0 Å². The number of esters is 1. The molecule has 33 heavy (non-hydrogen) atoms. The fraction of sp³-hybridized carbons (Fsp3) is 0.150. The van der Waals surface area contributed by atoms with Gasteiger partial charge >= 0.3 is 5.97 Å². The highest BCUT2D eigenvalue weighted by Crippen LogP contribution is 2.26. The smallest absolute Gasteiger partial charge is 0.337 e. The van der Waals surface area contributed by atoms with Crippen molar-refractivity contribution in [2.24, 2.45) is 0 Å². The van der Waals surface area contributed by atoms with Gasteiger partial charge < -0.3 is 10.1 Å². The number of ether oxygens (including phenoxy) is 1. The van der Waals surface area contributed by atoms with Crippen molar-refractivity contribution in [2.75, 3.05) is 23.5 Å². The largest absolute Gasteiger partial charge is 0.465 e. The number of aryl methyl sites for hydroxylation is 1. The summed E-state index contributed by atoms with van der Waals surface area (Å²) in [7, 11) is 1.29. The number of benzene rings is 2. The zero-order valence-electron chi connectivity index (χ0n) is 17.4. The number of anilines is 2. The number of rotatable bonds is 8. The number of methoxy groups -OCH3 is 1. The van der Waals surface area contributed by atoms with Gasteiger partial charge in [0.25, 0.3) is 11.6 Å². The highest BCUT2D eigenvalue weighted by atomic mass is 32.2. The zero-order valence-corrected chi connectivity index (χ0v) is 19.0. The molecule has 0 atom stereocenters. The Bertz CT molecular complexity index is 1210. The minimum atomic E-state index is -0.557. The zero-order chi connectivity index (χ0) is 24.0. The van der Waals surface area contributed by atoms with Gasteiger partial charge in [0.2, 0.25) is 11.0 Å². The van der Waals surface area contributed by atoms with E-state index in [1.165, 1.54) is 37.4 Å². The van der Waals surface area contributed by atoms with Crippen LogP contribution in [0.25, 0.3) is 0 Å². The van der Waals surface area contributed by atoms with Crippen LogP contribution in [0.1, 0.15) is 26.3 Å². The molecule has 2 aromatic carbocycles. The summed E-state index contributed by atoms with van der Waals surface area (Å²) < 4.78 is 5.08. The van der Waals surface area contributed by atoms with Crippen LogP contribution >= 0.6 is 23.1 Å². The molecule has 0 bridgehead atoms. The van der Waals surface area contributed by atoms with Gasteiger partial charge in [-0.3, -0.25) is 25.0 Å². The van der Waals surface area contributed by atoms with E-state index in [1.807, 2.05) is 0 Å². The molecular formula is C20H17N5O6S2. The Balaban J connectivity index is 1.53. The van der Waals surface area contributed by atoms with Crippen molar-refractivity contribution in [2.45, 2.75) is 11.3 Å². The summed E-state index contributed by atoms with van der Waals surface area (Å²) in [6.07, 6.45) is 0. The Hall–Kier alpha value is -3.84. The van der Waals surface area contributed by atoms with Gasteiger partial charge in [-0.05, 0) is 37.3 Å². The number of nitrogens with one attached hydrogen (secondary N) is 2. The average molecular weight is 488 g/mol. The molecule has 0 unspecified atom stereocenters. The molecule has 170 valence electrons. The molecule has 0 spiro atoms. The van der Waals surface area contributed by atoms with Crippen LogP contribution in [0.15, 0.2) is 46.8 Å². The monoisotopic (exact) mass is 487 g/mol. The number of amides is 2. The number of nitro benzene ring substituents is 1. The van der Waals surface area contributed by atoms with Crippen LogP contribution in [-0.4, -0.2) is 45.8 Å². The number of carbonyl (C=O) groups is 3. The van der Waals surface area contributed by atoms with Gasteiger partial charge in [0, 0.05) is 22.9 Å². The Morgan fingerprint density at radius 2 is 1.79 bits per heavy atom. The van der Waals surface area contributed by atoms with Crippen molar-refractivity contribution < 1.29 is 24.0 Å². The van der Waals surface area contributed by atoms with E-state index in [9.17, 15) is 24.5 Å². The maximum absolute atomic E-state index is 12.4. The number of thioether (sulfide) groups is 1. The molecule has 3 rings (SSSR count). The Morgan fingerprint density at radius 1 is 1.09 bits per heavy atom. The molecule has 3 aromatic rings. The fourth-order valence-corrected chi connectivity index (χ4v) is 4.11. The number of carbonyl (C=O) groups excluding carboxylic acids is 3. The van der Waals surface area contributed by atoms with E-state index in [2.05, 4.69) is 25.6 Å². The van der Waals surface area contributed by atoms with Crippen molar-refractivity contribution in [3.05, 3.63) is 69.3 Å². The highest BCUT2D eigenvalue weighted by Gasteiger charge is 2.17. The van der Waals surface area contributed by atoms with E-state index in [-0.39, 0.29) is 28.0 Å². The van der Waals surface area contributed by atoms with Crippen molar-refractivity contribution in [3.63, 3.8) is 0 Å². The van der Waals surface area contributed by atoms with Gasteiger partial charge in [0.05, 0.1) is 23.3 Å². The maximum atomic E-state index is 12.4. The Kier molecular flexibility index (Phi) is 7.69. The summed E-state index contributed by atoms with van der Waals surface area (Å²) in [6.45, 7) is 1.58. The van der Waals surface area contributed by atoms with Crippen LogP contribution in [0.3, 0.4) is 0 Å². The molecule has 0 fully saturated rings. The molecule has 0 radical (unpaired) electrons. The minimum Gasteiger partial charge on any atom is -0.465 e. The molecule has 2 amide bonds. The summed E-state index contributed by atoms with van der Waals surface area (Å²) in [6, 6.07) is 10.4. The molecule has 1 aromatic heterocycles. The Labute approximate surface area is 195 Å². The standard InChI is InChI=1S/C20H17N5O6S2/c1-11-3-4-13(9-15(11)25(29)30)17(27)22-19-23-24-20(33-19)32-10-16(26)21-14-7-5-12(6-8-14)18(28)31-2/h3-9H,10H2,1-2H3,(H,21,26)(H,22,23,27). The highest BCUT2D eigenvalue weighted by molar-refractivity contribution is 8.01. The lowest BCUT2D eigenvalue weighted by molar-refractivity contribution is -0.385. The predicted molar refractivity (Wildman–Crippen MR) is 123 cm³/mol. The lowest BCUT2D eigenvalue weighted by Crippen LogP contribution is -2.14. The third kappa shape index (κ3) is 6.33. The fourth-order valence-electron chi connectivity index (χ4n) is 2.57. The first-order valence-corrected chi connectivity index (χ1v) is 11.1. The third-order valence-electron chi connectivity index (χ3n) is 4.21. The summed E-state index contributed by atoms with van der Waals surface area (Å²) in [5.41, 5.74) is 1.31. The second-order valence-corrected chi connectivity index (χ2v) is 8.69. The molecule has 0 saturated heterocycles. The first-order chi connectivity index (χ1) is 15.8. The quantitative estimate of drug-likeness (QED) is 0.160. The van der Waals surface area contributed by atoms with Gasteiger partial charge in [0.1, 0.15) is 0 Å². The average Bonchev–Trinajstić information content (AvgIpc) is 3.25. The van der Waals surface area contributed by atoms with Gasteiger partial charge in [-0.2, -0.15) is 0 Å². The molecule has 13 heteroatoms. The molecular weight excluding hydrogens is 470 g/mol. The number of aromatic nitrogens is 2. The summed E-state index contributed by atoms with van der Waals surface area (Å²) in [5.74, 6) is -1.27. The summed E-state index contributed by atoms with van der Waals surface area (Å²) >= 11 is 2.20. The van der Waals surface area contributed by atoms with E-state index in [0.717, 1.165) is 23.1 Å². The first kappa shape index (κ1) is 23.8. The molecule has 1 heterocycles. The van der Waals surface area contributed by atoms with Crippen LogP contribution in [0.5, 0.6) is 0 Å². The number of hydrogen-bond acceptors (Lipinski definition) is 10. The van der Waals surface area contributed by atoms with Crippen LogP contribution < -0.4 is 10.6 Å². The SMILES string of the molecule is COC(=O)c1ccc(NC(=O)CSc2nnc(NC(=O)c3ccc(C)c([N+](=O)[O-])c3)s2)cc1. The molecule has 0 aliphatic carbocycles. The third-order valence-corrected chi connectivity index (χ3v) is 6.18. The molecule has 11 nitrogen and oxygen atoms in total.